The van der Waals surface area contributed by atoms with Crippen molar-refractivity contribution in [3.8, 4) is 5.75 Å². The van der Waals surface area contributed by atoms with Gasteiger partial charge in [-0.3, -0.25) is 14.9 Å². The van der Waals surface area contributed by atoms with Gasteiger partial charge < -0.3 is 15.4 Å². The summed E-state index contributed by atoms with van der Waals surface area (Å²) < 4.78 is 6.40. The number of anilines is 1. The lowest BCUT2D eigenvalue weighted by Crippen LogP contribution is -2.35. The van der Waals surface area contributed by atoms with Gasteiger partial charge in [-0.25, -0.2) is 0 Å². The summed E-state index contributed by atoms with van der Waals surface area (Å²) >= 11 is 8.78. The highest BCUT2D eigenvalue weighted by Crippen LogP contribution is 2.26. The Bertz CT molecular complexity index is 1170. The Labute approximate surface area is 219 Å². The average Bonchev–Trinajstić information content (AvgIpc) is 2.86. The van der Waals surface area contributed by atoms with E-state index in [9.17, 15) is 9.59 Å². The van der Waals surface area contributed by atoms with Crippen LogP contribution in [0.15, 0.2) is 77.3 Å². The van der Waals surface area contributed by atoms with Gasteiger partial charge in [0.2, 0.25) is 0 Å². The molecule has 0 radical (unpaired) electrons. The Morgan fingerprint density at radius 3 is 2.46 bits per heavy atom. The second-order valence-corrected chi connectivity index (χ2v) is 9.06. The SMILES string of the molecule is CCCCOc1ccc(C(=O)NC(=S)Nc2ccccc2C(=O)NCCc2ccccc2)cc1Br. The number of para-hydroxylation sites is 1. The van der Waals surface area contributed by atoms with Crippen LogP contribution in [0, 0.1) is 0 Å². The molecule has 0 bridgehead atoms. The molecule has 0 aromatic heterocycles. The second kappa shape index (κ2) is 13.6. The van der Waals surface area contributed by atoms with E-state index in [2.05, 4.69) is 38.8 Å². The van der Waals surface area contributed by atoms with Gasteiger partial charge in [0.1, 0.15) is 5.75 Å². The summed E-state index contributed by atoms with van der Waals surface area (Å²) in [5.41, 5.74) is 2.52. The van der Waals surface area contributed by atoms with Gasteiger partial charge in [0.15, 0.2) is 5.11 Å². The summed E-state index contributed by atoms with van der Waals surface area (Å²) in [6, 6.07) is 22.1. The van der Waals surface area contributed by atoms with Gasteiger partial charge in [-0.05, 0) is 76.9 Å². The molecule has 0 fully saturated rings. The maximum absolute atomic E-state index is 12.7. The van der Waals surface area contributed by atoms with Gasteiger partial charge in [0.05, 0.1) is 22.3 Å². The summed E-state index contributed by atoms with van der Waals surface area (Å²) in [4.78, 5) is 25.4. The second-order valence-electron chi connectivity index (χ2n) is 7.79. The van der Waals surface area contributed by atoms with E-state index in [0.29, 0.717) is 40.2 Å². The van der Waals surface area contributed by atoms with Crippen LogP contribution in [0.25, 0.3) is 0 Å². The number of nitrogens with one attached hydrogen (secondary N) is 3. The van der Waals surface area contributed by atoms with Crippen molar-refractivity contribution in [1.82, 2.24) is 10.6 Å². The third-order valence-electron chi connectivity index (χ3n) is 5.14. The number of ether oxygens (including phenoxy) is 1. The molecule has 3 aromatic carbocycles. The Kier molecular flexibility index (Phi) is 10.3. The summed E-state index contributed by atoms with van der Waals surface area (Å²) in [6.45, 7) is 3.22. The molecule has 0 heterocycles. The number of hydrogen-bond donors (Lipinski definition) is 3. The van der Waals surface area contributed by atoms with Crippen LogP contribution in [0.3, 0.4) is 0 Å². The monoisotopic (exact) mass is 553 g/mol. The first-order valence-corrected chi connectivity index (χ1v) is 12.6. The number of thiocarbonyl (C=S) groups is 1. The molecule has 0 atom stereocenters. The van der Waals surface area contributed by atoms with Crippen molar-refractivity contribution < 1.29 is 14.3 Å². The van der Waals surface area contributed by atoms with E-state index in [0.717, 1.165) is 24.8 Å². The molecule has 0 aliphatic carbocycles. The van der Waals surface area contributed by atoms with E-state index in [-0.39, 0.29) is 16.9 Å². The minimum atomic E-state index is -0.367. The molecule has 0 aliphatic heterocycles. The molecule has 8 heteroatoms. The third kappa shape index (κ3) is 8.19. The van der Waals surface area contributed by atoms with Gasteiger partial charge in [-0.2, -0.15) is 0 Å². The van der Waals surface area contributed by atoms with Gasteiger partial charge in [-0.1, -0.05) is 55.8 Å². The van der Waals surface area contributed by atoms with Crippen molar-refractivity contribution in [1.29, 1.82) is 0 Å². The number of amides is 2. The molecule has 0 aliphatic rings. The first-order valence-electron chi connectivity index (χ1n) is 11.4. The van der Waals surface area contributed by atoms with E-state index in [1.807, 2.05) is 30.3 Å². The Morgan fingerprint density at radius 2 is 1.71 bits per heavy atom. The number of carbonyl (C=O) groups is 2. The molecule has 0 spiro atoms. The number of rotatable bonds is 10. The van der Waals surface area contributed by atoms with Crippen molar-refractivity contribution >= 4 is 50.8 Å². The van der Waals surface area contributed by atoms with Crippen molar-refractivity contribution in [2.24, 2.45) is 0 Å². The molecule has 0 saturated heterocycles. The molecule has 2 amide bonds. The zero-order valence-corrected chi connectivity index (χ0v) is 21.9. The largest absolute Gasteiger partial charge is 0.492 e. The lowest BCUT2D eigenvalue weighted by atomic mass is 10.1. The van der Waals surface area contributed by atoms with Gasteiger partial charge in [0, 0.05) is 12.1 Å². The highest BCUT2D eigenvalue weighted by Gasteiger charge is 2.14. The lowest BCUT2D eigenvalue weighted by molar-refractivity contribution is 0.0953. The molecule has 182 valence electrons. The molecule has 3 N–H and O–H groups in total. The Morgan fingerprint density at radius 1 is 0.971 bits per heavy atom. The predicted molar refractivity (Wildman–Crippen MR) is 147 cm³/mol. The van der Waals surface area contributed by atoms with Crippen LogP contribution in [0.5, 0.6) is 5.75 Å². The summed E-state index contributed by atoms with van der Waals surface area (Å²) in [5.74, 6) is 0.0942. The molecular weight excluding hydrogens is 526 g/mol. The van der Waals surface area contributed by atoms with Crippen molar-refractivity contribution in [2.45, 2.75) is 26.2 Å². The fourth-order valence-corrected chi connectivity index (χ4v) is 3.96. The van der Waals surface area contributed by atoms with Gasteiger partial charge in [0.25, 0.3) is 11.8 Å². The molecule has 0 saturated carbocycles. The fourth-order valence-electron chi connectivity index (χ4n) is 3.26. The Hall–Kier alpha value is -3.23. The number of halogens is 1. The minimum absolute atomic E-state index is 0.0962. The van der Waals surface area contributed by atoms with Crippen LogP contribution in [-0.2, 0) is 6.42 Å². The highest BCUT2D eigenvalue weighted by molar-refractivity contribution is 9.10. The van der Waals surface area contributed by atoms with Crippen LogP contribution in [0.1, 0.15) is 46.0 Å². The molecule has 6 nitrogen and oxygen atoms in total. The number of hydrogen-bond acceptors (Lipinski definition) is 4. The third-order valence-corrected chi connectivity index (χ3v) is 5.96. The standard InChI is InChI=1S/C27H28BrN3O3S/c1-2-3-17-34-24-14-13-20(18-22(24)28)25(32)31-27(35)30-23-12-8-7-11-21(23)26(33)29-16-15-19-9-5-4-6-10-19/h4-14,18H,2-3,15-17H2,1H3,(H,29,33)(H2,30,31,32,35). The zero-order chi connectivity index (χ0) is 25.0. The van der Waals surface area contributed by atoms with E-state index in [1.54, 1.807) is 42.5 Å². The quantitative estimate of drug-likeness (QED) is 0.221. The molecule has 0 unspecified atom stereocenters. The summed E-state index contributed by atoms with van der Waals surface area (Å²) in [6.07, 6.45) is 2.73. The van der Waals surface area contributed by atoms with Crippen LogP contribution in [0.2, 0.25) is 0 Å². The molecule has 3 rings (SSSR count). The number of benzene rings is 3. The first kappa shape index (κ1) is 26.4. The van der Waals surface area contributed by atoms with Crippen LogP contribution >= 0.6 is 28.1 Å². The molecule has 3 aromatic rings. The average molecular weight is 555 g/mol. The highest BCUT2D eigenvalue weighted by atomic mass is 79.9. The van der Waals surface area contributed by atoms with Crippen LogP contribution in [-0.4, -0.2) is 30.1 Å². The number of unbranched alkanes of at least 4 members (excludes halogenated alkanes) is 1. The van der Waals surface area contributed by atoms with Gasteiger partial charge in [-0.15, -0.1) is 0 Å². The molecule has 35 heavy (non-hydrogen) atoms. The predicted octanol–water partition coefficient (Wildman–Crippen LogP) is 5.73. The van der Waals surface area contributed by atoms with E-state index in [1.165, 1.54) is 0 Å². The number of carbonyl (C=O) groups excluding carboxylic acids is 2. The normalized spacial score (nSPS) is 10.3. The van der Waals surface area contributed by atoms with Gasteiger partial charge >= 0.3 is 0 Å². The van der Waals surface area contributed by atoms with Crippen molar-refractivity contribution in [3.05, 3.63) is 94.0 Å². The maximum Gasteiger partial charge on any atom is 0.257 e. The van der Waals surface area contributed by atoms with Crippen molar-refractivity contribution in [3.63, 3.8) is 0 Å². The smallest absolute Gasteiger partial charge is 0.257 e. The van der Waals surface area contributed by atoms with Crippen LogP contribution in [0.4, 0.5) is 5.69 Å². The summed E-state index contributed by atoms with van der Waals surface area (Å²) in [7, 11) is 0. The van der Waals surface area contributed by atoms with E-state index < -0.39 is 0 Å². The lowest BCUT2D eigenvalue weighted by Gasteiger charge is -2.14. The zero-order valence-electron chi connectivity index (χ0n) is 19.5. The first-order chi connectivity index (χ1) is 17.0. The van der Waals surface area contributed by atoms with E-state index in [4.69, 9.17) is 17.0 Å². The van der Waals surface area contributed by atoms with E-state index >= 15 is 0 Å². The molecular formula is C27H28BrN3O3S. The minimum Gasteiger partial charge on any atom is -0.492 e. The maximum atomic E-state index is 12.7. The summed E-state index contributed by atoms with van der Waals surface area (Å²) in [5, 5.41) is 8.65. The Balaban J connectivity index is 1.56. The van der Waals surface area contributed by atoms with Crippen LogP contribution < -0.4 is 20.7 Å². The topological polar surface area (TPSA) is 79.5 Å². The van der Waals surface area contributed by atoms with Crippen molar-refractivity contribution in [2.75, 3.05) is 18.5 Å². The fraction of sp³-hybridized carbons (Fsp3) is 0.222.